The molecule has 0 spiro atoms. The molecule has 3 rings (SSSR count). The van der Waals surface area contributed by atoms with Crippen molar-refractivity contribution in [1.82, 2.24) is 4.98 Å². The van der Waals surface area contributed by atoms with Crippen LogP contribution in [0, 0.1) is 5.82 Å². The fraction of sp³-hybridized carbons (Fsp3) is 0.136. The van der Waals surface area contributed by atoms with E-state index in [9.17, 15) is 14.0 Å². The van der Waals surface area contributed by atoms with E-state index in [1.165, 1.54) is 35.4 Å². The van der Waals surface area contributed by atoms with Crippen molar-refractivity contribution in [2.45, 2.75) is 6.04 Å². The average molecular weight is 428 g/mol. The number of benzene rings is 2. The SMILES string of the molecule is COc1ccc(NC(=O)C(c2cccnc2)N(C(=O)CCl)c2ccc(F)cc2)cc1. The zero-order chi connectivity index (χ0) is 21.5. The lowest BCUT2D eigenvalue weighted by molar-refractivity contribution is -0.122. The van der Waals surface area contributed by atoms with Crippen molar-refractivity contribution >= 4 is 34.8 Å². The maximum absolute atomic E-state index is 13.4. The maximum atomic E-state index is 13.4. The quantitative estimate of drug-likeness (QED) is 0.574. The molecule has 0 fully saturated rings. The molecule has 0 bridgehead atoms. The molecule has 1 aromatic heterocycles. The van der Waals surface area contributed by atoms with Gasteiger partial charge in [-0.1, -0.05) is 6.07 Å². The van der Waals surface area contributed by atoms with Crippen molar-refractivity contribution in [2.24, 2.45) is 0 Å². The number of aromatic nitrogens is 1. The lowest BCUT2D eigenvalue weighted by Crippen LogP contribution is -2.42. The number of carbonyl (C=O) groups is 2. The second kappa shape index (κ2) is 9.84. The summed E-state index contributed by atoms with van der Waals surface area (Å²) in [5.41, 5.74) is 1.33. The highest BCUT2D eigenvalue weighted by molar-refractivity contribution is 6.30. The molecule has 1 N–H and O–H groups in total. The summed E-state index contributed by atoms with van der Waals surface area (Å²) in [5, 5.41) is 2.80. The molecule has 30 heavy (non-hydrogen) atoms. The number of hydrogen-bond donors (Lipinski definition) is 1. The molecule has 2 aromatic carbocycles. The minimum atomic E-state index is -1.07. The van der Waals surface area contributed by atoms with E-state index in [1.807, 2.05) is 0 Å². The van der Waals surface area contributed by atoms with Crippen molar-refractivity contribution in [3.63, 3.8) is 0 Å². The smallest absolute Gasteiger partial charge is 0.252 e. The topological polar surface area (TPSA) is 71.5 Å². The van der Waals surface area contributed by atoms with Crippen LogP contribution in [0.4, 0.5) is 15.8 Å². The van der Waals surface area contributed by atoms with E-state index in [2.05, 4.69) is 10.3 Å². The van der Waals surface area contributed by atoms with Crippen LogP contribution in [0.1, 0.15) is 11.6 Å². The minimum Gasteiger partial charge on any atom is -0.497 e. The molecule has 0 aliphatic rings. The van der Waals surface area contributed by atoms with Gasteiger partial charge in [-0.3, -0.25) is 19.5 Å². The molecule has 3 aromatic rings. The Balaban J connectivity index is 2.02. The van der Waals surface area contributed by atoms with Gasteiger partial charge in [0.05, 0.1) is 7.11 Å². The molecule has 2 amide bonds. The van der Waals surface area contributed by atoms with Gasteiger partial charge in [-0.15, -0.1) is 11.6 Å². The Hall–Kier alpha value is -3.45. The predicted octanol–water partition coefficient (Wildman–Crippen LogP) is 4.18. The van der Waals surface area contributed by atoms with E-state index in [1.54, 1.807) is 49.7 Å². The van der Waals surface area contributed by atoms with Gasteiger partial charge in [-0.2, -0.15) is 0 Å². The summed E-state index contributed by atoms with van der Waals surface area (Å²) in [4.78, 5) is 31.3. The molecule has 8 heteroatoms. The number of methoxy groups -OCH3 is 1. The number of nitrogens with one attached hydrogen (secondary N) is 1. The molecule has 1 atom stereocenters. The van der Waals surface area contributed by atoms with Crippen molar-refractivity contribution in [3.05, 3.63) is 84.4 Å². The monoisotopic (exact) mass is 427 g/mol. The van der Waals surface area contributed by atoms with Crippen molar-refractivity contribution in [3.8, 4) is 5.75 Å². The van der Waals surface area contributed by atoms with Gasteiger partial charge in [0.25, 0.3) is 5.91 Å². The van der Waals surface area contributed by atoms with E-state index >= 15 is 0 Å². The third kappa shape index (κ3) is 4.93. The lowest BCUT2D eigenvalue weighted by Gasteiger charge is -2.30. The largest absolute Gasteiger partial charge is 0.497 e. The van der Waals surface area contributed by atoms with Gasteiger partial charge in [0.1, 0.15) is 23.5 Å². The summed E-state index contributed by atoms with van der Waals surface area (Å²) in [6.07, 6.45) is 3.06. The van der Waals surface area contributed by atoms with E-state index in [-0.39, 0.29) is 5.88 Å². The van der Waals surface area contributed by atoms with Crippen LogP contribution < -0.4 is 15.0 Å². The first kappa shape index (κ1) is 21.3. The predicted molar refractivity (Wildman–Crippen MR) is 113 cm³/mol. The van der Waals surface area contributed by atoms with Crippen molar-refractivity contribution in [2.75, 3.05) is 23.2 Å². The maximum Gasteiger partial charge on any atom is 0.252 e. The number of nitrogens with zero attached hydrogens (tertiary/aromatic N) is 2. The van der Waals surface area contributed by atoms with Crippen LogP contribution in [0.15, 0.2) is 73.1 Å². The number of halogens is 2. The van der Waals surface area contributed by atoms with Crippen molar-refractivity contribution < 1.29 is 18.7 Å². The van der Waals surface area contributed by atoms with Crippen LogP contribution in [0.25, 0.3) is 0 Å². The van der Waals surface area contributed by atoms with Crippen LogP contribution in [0.3, 0.4) is 0 Å². The van der Waals surface area contributed by atoms with Gasteiger partial charge in [0.2, 0.25) is 5.91 Å². The summed E-state index contributed by atoms with van der Waals surface area (Å²) in [5.74, 6) is -1.16. The molecule has 1 unspecified atom stereocenters. The van der Waals surface area contributed by atoms with Gasteiger partial charge in [-0.05, 0) is 54.6 Å². The van der Waals surface area contributed by atoms with E-state index < -0.39 is 23.7 Å². The Bertz CT molecular complexity index is 998. The van der Waals surface area contributed by atoms with Crippen LogP contribution in [0.2, 0.25) is 0 Å². The first-order valence-corrected chi connectivity index (χ1v) is 9.55. The second-order valence-electron chi connectivity index (χ2n) is 6.28. The standard InChI is InChI=1S/C22H19ClFN3O3/c1-30-19-10-6-17(7-11-19)26-22(29)21(15-3-2-12-25-14-15)27(20(28)13-23)18-8-4-16(24)5-9-18/h2-12,14,21H,13H2,1H3,(H,26,29). The first-order chi connectivity index (χ1) is 14.5. The second-order valence-corrected chi connectivity index (χ2v) is 6.55. The molecule has 154 valence electrons. The van der Waals surface area contributed by atoms with Crippen LogP contribution in [-0.4, -0.2) is 29.8 Å². The Morgan fingerprint density at radius 2 is 1.83 bits per heavy atom. The minimum absolute atomic E-state index is 0.334. The van der Waals surface area contributed by atoms with Gasteiger partial charge in [-0.25, -0.2) is 4.39 Å². The normalized spacial score (nSPS) is 11.4. The van der Waals surface area contributed by atoms with Gasteiger partial charge >= 0.3 is 0 Å². The number of pyridine rings is 1. The van der Waals surface area contributed by atoms with Crippen LogP contribution >= 0.6 is 11.6 Å². The Morgan fingerprint density at radius 3 is 2.40 bits per heavy atom. The third-order valence-corrected chi connectivity index (χ3v) is 4.58. The van der Waals surface area contributed by atoms with E-state index in [0.29, 0.717) is 22.7 Å². The Kier molecular flexibility index (Phi) is 6.98. The highest BCUT2D eigenvalue weighted by atomic mass is 35.5. The number of amides is 2. The molecule has 1 heterocycles. The fourth-order valence-corrected chi connectivity index (χ4v) is 3.07. The number of alkyl halides is 1. The Labute approximate surface area is 178 Å². The number of rotatable bonds is 7. The van der Waals surface area contributed by atoms with E-state index in [0.717, 1.165) is 0 Å². The number of anilines is 2. The molecular formula is C22H19ClFN3O3. The molecule has 0 saturated carbocycles. The van der Waals surface area contributed by atoms with E-state index in [4.69, 9.17) is 16.3 Å². The highest BCUT2D eigenvalue weighted by Gasteiger charge is 2.32. The van der Waals surface area contributed by atoms with Crippen molar-refractivity contribution in [1.29, 1.82) is 0 Å². The molecule has 0 saturated heterocycles. The number of carbonyl (C=O) groups excluding carboxylic acids is 2. The average Bonchev–Trinajstić information content (AvgIpc) is 2.78. The highest BCUT2D eigenvalue weighted by Crippen LogP contribution is 2.29. The Morgan fingerprint density at radius 1 is 1.13 bits per heavy atom. The summed E-state index contributed by atoms with van der Waals surface area (Å²) >= 11 is 5.83. The summed E-state index contributed by atoms with van der Waals surface area (Å²) < 4.78 is 18.6. The summed E-state index contributed by atoms with van der Waals surface area (Å²) in [6.45, 7) is 0. The first-order valence-electron chi connectivity index (χ1n) is 9.02. The molecular weight excluding hydrogens is 409 g/mol. The molecule has 0 radical (unpaired) electrons. The van der Waals surface area contributed by atoms with Crippen LogP contribution in [0.5, 0.6) is 5.75 Å². The zero-order valence-electron chi connectivity index (χ0n) is 16.1. The zero-order valence-corrected chi connectivity index (χ0v) is 16.8. The number of hydrogen-bond acceptors (Lipinski definition) is 4. The molecule has 0 aliphatic heterocycles. The fourth-order valence-electron chi connectivity index (χ4n) is 2.94. The van der Waals surface area contributed by atoms with Crippen LogP contribution in [-0.2, 0) is 9.59 Å². The summed E-state index contributed by atoms with van der Waals surface area (Å²) in [7, 11) is 1.55. The molecule has 6 nitrogen and oxygen atoms in total. The number of ether oxygens (including phenoxy) is 1. The molecule has 0 aliphatic carbocycles. The van der Waals surface area contributed by atoms with Gasteiger partial charge in [0.15, 0.2) is 0 Å². The third-order valence-electron chi connectivity index (χ3n) is 4.35. The lowest BCUT2D eigenvalue weighted by atomic mass is 10.0. The van der Waals surface area contributed by atoms with Gasteiger partial charge < -0.3 is 10.1 Å². The van der Waals surface area contributed by atoms with Gasteiger partial charge in [0, 0.05) is 29.3 Å². The summed E-state index contributed by atoms with van der Waals surface area (Å²) in [6, 6.07) is 14.3.